The summed E-state index contributed by atoms with van der Waals surface area (Å²) in [5.41, 5.74) is 11.9. The average molecular weight is 536 g/mol. The van der Waals surface area contributed by atoms with Crippen molar-refractivity contribution in [2.75, 3.05) is 0 Å². The molecule has 6 unspecified atom stereocenters. The highest BCUT2D eigenvalue weighted by Crippen LogP contribution is 2.14. The largest absolute Gasteiger partial charge is 0.508 e. The second kappa shape index (κ2) is 15.6. The number of amides is 4. The van der Waals surface area contributed by atoms with Crippen molar-refractivity contribution in [3.05, 3.63) is 29.8 Å². The van der Waals surface area contributed by atoms with Crippen LogP contribution in [0.25, 0.3) is 0 Å². The van der Waals surface area contributed by atoms with Gasteiger partial charge in [-0.25, -0.2) is 4.79 Å². The van der Waals surface area contributed by atoms with Gasteiger partial charge in [-0.1, -0.05) is 52.7 Å². The predicted octanol–water partition coefficient (Wildman–Crippen LogP) is 0.159. The zero-order valence-electron chi connectivity index (χ0n) is 22.4. The molecule has 6 atom stereocenters. The normalized spacial score (nSPS) is 15.7. The molecule has 12 heteroatoms. The van der Waals surface area contributed by atoms with Crippen molar-refractivity contribution in [2.24, 2.45) is 23.3 Å². The maximum absolute atomic E-state index is 13.2. The van der Waals surface area contributed by atoms with Crippen LogP contribution in [-0.4, -0.2) is 64.0 Å². The fourth-order valence-electron chi connectivity index (χ4n) is 3.69. The third kappa shape index (κ3) is 10.4. The first-order chi connectivity index (χ1) is 17.8. The Morgan fingerprint density at radius 3 is 1.87 bits per heavy atom. The van der Waals surface area contributed by atoms with Crippen molar-refractivity contribution >= 4 is 29.6 Å². The van der Waals surface area contributed by atoms with Gasteiger partial charge in [-0.15, -0.1) is 0 Å². The molecule has 4 amide bonds. The number of carboxylic acid groups (broad SMARTS) is 1. The third-order valence-electron chi connectivity index (χ3n) is 6.61. The summed E-state index contributed by atoms with van der Waals surface area (Å²) in [6.45, 7) is 7.05. The molecule has 0 spiro atoms. The van der Waals surface area contributed by atoms with Gasteiger partial charge in [0.1, 0.15) is 23.9 Å². The molecule has 9 N–H and O–H groups in total. The zero-order valence-corrected chi connectivity index (χ0v) is 22.4. The maximum Gasteiger partial charge on any atom is 0.326 e. The highest BCUT2D eigenvalue weighted by Gasteiger charge is 2.34. The molecule has 0 saturated carbocycles. The minimum absolute atomic E-state index is 0.0636. The number of phenols is 1. The molecule has 0 radical (unpaired) electrons. The Morgan fingerprint density at radius 2 is 1.37 bits per heavy atom. The smallest absolute Gasteiger partial charge is 0.326 e. The SMILES string of the molecule is CCC(C)C(NC(=O)C(NC(=O)C(CCC(N)=O)NC(=O)C(N)Cc1ccc(O)cc1)C(C)CC)C(=O)O. The summed E-state index contributed by atoms with van der Waals surface area (Å²) in [5, 5.41) is 26.6. The fraction of sp³-hybridized carbons (Fsp3) is 0.577. The van der Waals surface area contributed by atoms with E-state index in [4.69, 9.17) is 11.5 Å². The highest BCUT2D eigenvalue weighted by atomic mass is 16.4. The molecule has 0 aliphatic carbocycles. The van der Waals surface area contributed by atoms with Gasteiger partial charge in [-0.2, -0.15) is 0 Å². The van der Waals surface area contributed by atoms with E-state index in [0.29, 0.717) is 18.4 Å². The number of aliphatic carboxylic acids is 1. The maximum atomic E-state index is 13.2. The Bertz CT molecular complexity index is 969. The Balaban J connectivity index is 3.04. The van der Waals surface area contributed by atoms with Crippen molar-refractivity contribution < 1.29 is 34.2 Å². The third-order valence-corrected chi connectivity index (χ3v) is 6.61. The van der Waals surface area contributed by atoms with Crippen LogP contribution in [-0.2, 0) is 30.4 Å². The van der Waals surface area contributed by atoms with E-state index in [1.165, 1.54) is 12.1 Å². The number of nitrogens with two attached hydrogens (primary N) is 2. The van der Waals surface area contributed by atoms with Crippen LogP contribution in [0.1, 0.15) is 58.9 Å². The fourth-order valence-corrected chi connectivity index (χ4v) is 3.69. The number of phenolic OH excluding ortho intramolecular Hbond substituents is 1. The van der Waals surface area contributed by atoms with Gasteiger partial charge in [0, 0.05) is 6.42 Å². The lowest BCUT2D eigenvalue weighted by molar-refractivity contribution is -0.144. The molecule has 12 nitrogen and oxygen atoms in total. The molecular weight excluding hydrogens is 494 g/mol. The number of rotatable bonds is 16. The van der Waals surface area contributed by atoms with Crippen molar-refractivity contribution in [2.45, 2.75) is 84.0 Å². The average Bonchev–Trinajstić information content (AvgIpc) is 2.87. The number of hydrogen-bond acceptors (Lipinski definition) is 7. The Labute approximate surface area is 222 Å². The van der Waals surface area contributed by atoms with E-state index in [2.05, 4.69) is 16.0 Å². The molecule has 0 aliphatic heterocycles. The topological polar surface area (TPSA) is 214 Å². The van der Waals surface area contributed by atoms with Crippen LogP contribution >= 0.6 is 0 Å². The number of hydrogen-bond donors (Lipinski definition) is 7. The highest BCUT2D eigenvalue weighted by molar-refractivity contribution is 5.94. The van der Waals surface area contributed by atoms with Crippen LogP contribution < -0.4 is 27.4 Å². The lowest BCUT2D eigenvalue weighted by Gasteiger charge is -2.29. The predicted molar refractivity (Wildman–Crippen MR) is 141 cm³/mol. The lowest BCUT2D eigenvalue weighted by atomic mass is 9.95. The van der Waals surface area contributed by atoms with E-state index in [0.717, 1.165) is 0 Å². The molecule has 0 bridgehead atoms. The van der Waals surface area contributed by atoms with Gasteiger partial charge in [0.2, 0.25) is 23.6 Å². The van der Waals surface area contributed by atoms with Crippen molar-refractivity contribution in [1.29, 1.82) is 0 Å². The van der Waals surface area contributed by atoms with Gasteiger partial charge >= 0.3 is 5.97 Å². The molecular formula is C26H41N5O7. The van der Waals surface area contributed by atoms with Gasteiger partial charge in [-0.05, 0) is 42.4 Å². The number of carbonyl (C=O) groups excluding carboxylic acids is 4. The number of aromatic hydroxyl groups is 1. The molecule has 0 heterocycles. The van der Waals surface area contributed by atoms with Gasteiger partial charge in [-0.3, -0.25) is 19.2 Å². The molecule has 0 saturated heterocycles. The summed E-state index contributed by atoms with van der Waals surface area (Å²) < 4.78 is 0. The van der Waals surface area contributed by atoms with Gasteiger partial charge in [0.05, 0.1) is 6.04 Å². The number of benzene rings is 1. The Kier molecular flexibility index (Phi) is 13.2. The molecule has 38 heavy (non-hydrogen) atoms. The second-order valence-corrected chi connectivity index (χ2v) is 9.63. The summed E-state index contributed by atoms with van der Waals surface area (Å²) in [6.07, 6.45) is 0.804. The van der Waals surface area contributed by atoms with Crippen LogP contribution in [0.2, 0.25) is 0 Å². The zero-order chi connectivity index (χ0) is 29.0. The monoisotopic (exact) mass is 535 g/mol. The van der Waals surface area contributed by atoms with Crippen LogP contribution in [0, 0.1) is 11.8 Å². The van der Waals surface area contributed by atoms with Crippen LogP contribution in [0.4, 0.5) is 0 Å². The van der Waals surface area contributed by atoms with E-state index in [1.807, 2.05) is 6.92 Å². The second-order valence-electron chi connectivity index (χ2n) is 9.63. The Hall–Kier alpha value is -3.67. The first-order valence-electron chi connectivity index (χ1n) is 12.8. The van der Waals surface area contributed by atoms with E-state index < -0.39 is 53.8 Å². The van der Waals surface area contributed by atoms with Crippen LogP contribution in [0.3, 0.4) is 0 Å². The standard InChI is InChI=1S/C26H41N5O7/c1-5-14(3)21(25(36)31-22(26(37)38)15(4)6-2)30-24(35)19(11-12-20(28)33)29-23(34)18(27)13-16-7-9-17(32)10-8-16/h7-10,14-15,18-19,21-22,32H,5-6,11-13,27H2,1-4H3,(H2,28,33)(H,29,34)(H,30,35)(H,31,36)(H,37,38). The van der Waals surface area contributed by atoms with E-state index in [1.54, 1.807) is 32.9 Å². The van der Waals surface area contributed by atoms with Crippen LogP contribution in [0.5, 0.6) is 5.75 Å². The number of carboxylic acids is 1. The number of carbonyl (C=O) groups is 5. The van der Waals surface area contributed by atoms with Crippen molar-refractivity contribution in [1.82, 2.24) is 16.0 Å². The summed E-state index contributed by atoms with van der Waals surface area (Å²) in [7, 11) is 0. The molecule has 0 fully saturated rings. The van der Waals surface area contributed by atoms with E-state index in [-0.39, 0.29) is 36.8 Å². The van der Waals surface area contributed by atoms with Gasteiger partial charge in [0.15, 0.2) is 0 Å². The quantitative estimate of drug-likeness (QED) is 0.154. The van der Waals surface area contributed by atoms with E-state index >= 15 is 0 Å². The summed E-state index contributed by atoms with van der Waals surface area (Å²) in [5.74, 6) is -4.56. The number of nitrogens with one attached hydrogen (secondary N) is 3. The first kappa shape index (κ1) is 32.4. The molecule has 0 aliphatic rings. The summed E-state index contributed by atoms with van der Waals surface area (Å²) in [6, 6.07) is 1.65. The van der Waals surface area contributed by atoms with Gasteiger partial charge < -0.3 is 37.6 Å². The van der Waals surface area contributed by atoms with Crippen LogP contribution in [0.15, 0.2) is 24.3 Å². The molecule has 0 aromatic heterocycles. The summed E-state index contributed by atoms with van der Waals surface area (Å²) in [4.78, 5) is 62.2. The molecule has 1 aromatic carbocycles. The minimum Gasteiger partial charge on any atom is -0.508 e. The lowest BCUT2D eigenvalue weighted by Crippen LogP contribution is -2.59. The van der Waals surface area contributed by atoms with E-state index in [9.17, 15) is 34.2 Å². The Morgan fingerprint density at radius 1 is 0.842 bits per heavy atom. The summed E-state index contributed by atoms with van der Waals surface area (Å²) >= 11 is 0. The molecule has 1 aromatic rings. The number of primary amides is 1. The molecule has 1 rings (SSSR count). The molecule has 212 valence electrons. The minimum atomic E-state index is -1.22. The van der Waals surface area contributed by atoms with Crippen molar-refractivity contribution in [3.8, 4) is 5.75 Å². The van der Waals surface area contributed by atoms with Gasteiger partial charge in [0.25, 0.3) is 0 Å². The van der Waals surface area contributed by atoms with Crippen molar-refractivity contribution in [3.63, 3.8) is 0 Å². The first-order valence-corrected chi connectivity index (χ1v) is 12.8.